The summed E-state index contributed by atoms with van der Waals surface area (Å²) in [6, 6.07) is 23.6. The molecular weight excluding hydrogens is 436 g/mol. The normalized spacial score (nSPS) is 11.1. The molecule has 3 heterocycles. The van der Waals surface area contributed by atoms with Crippen molar-refractivity contribution in [2.75, 3.05) is 5.32 Å². The SMILES string of the molecule is O=C(C=Cc1cn(Cc2ccccc2)nc1-c1cccnc1)Nc1ccc(Cn2cccn2)cc1. The molecule has 0 saturated carbocycles. The van der Waals surface area contributed by atoms with Crippen molar-refractivity contribution in [1.82, 2.24) is 24.5 Å². The fraction of sp³-hybridized carbons (Fsp3) is 0.0714. The second-order valence-corrected chi connectivity index (χ2v) is 8.08. The van der Waals surface area contributed by atoms with Crippen LogP contribution in [0.5, 0.6) is 0 Å². The van der Waals surface area contributed by atoms with E-state index in [2.05, 4.69) is 27.5 Å². The number of anilines is 1. The van der Waals surface area contributed by atoms with Crippen LogP contribution >= 0.6 is 0 Å². The Morgan fingerprint density at radius 3 is 2.40 bits per heavy atom. The Bertz CT molecular complexity index is 1410. The van der Waals surface area contributed by atoms with Crippen LogP contribution in [-0.4, -0.2) is 30.5 Å². The molecule has 0 saturated heterocycles. The monoisotopic (exact) mass is 460 g/mol. The van der Waals surface area contributed by atoms with Crippen molar-refractivity contribution in [1.29, 1.82) is 0 Å². The van der Waals surface area contributed by atoms with E-state index >= 15 is 0 Å². The predicted octanol–water partition coefficient (Wildman–Crippen LogP) is 4.89. The number of benzene rings is 2. The molecule has 7 heteroatoms. The van der Waals surface area contributed by atoms with Gasteiger partial charge in [0.1, 0.15) is 5.69 Å². The van der Waals surface area contributed by atoms with Gasteiger partial charge < -0.3 is 5.32 Å². The molecule has 0 fully saturated rings. The van der Waals surface area contributed by atoms with E-state index in [0.29, 0.717) is 13.1 Å². The second-order valence-electron chi connectivity index (χ2n) is 8.08. The minimum atomic E-state index is -0.210. The molecule has 0 unspecified atom stereocenters. The lowest BCUT2D eigenvalue weighted by molar-refractivity contribution is -0.111. The van der Waals surface area contributed by atoms with Crippen molar-refractivity contribution < 1.29 is 4.79 Å². The topological polar surface area (TPSA) is 77.6 Å². The van der Waals surface area contributed by atoms with Gasteiger partial charge in [-0.3, -0.25) is 19.1 Å². The molecule has 35 heavy (non-hydrogen) atoms. The molecule has 172 valence electrons. The summed E-state index contributed by atoms with van der Waals surface area (Å²) in [5, 5.41) is 11.9. The number of hydrogen-bond donors (Lipinski definition) is 1. The molecule has 5 aromatic rings. The zero-order valence-corrected chi connectivity index (χ0v) is 19.0. The molecule has 0 aliphatic rings. The van der Waals surface area contributed by atoms with Gasteiger partial charge in [-0.15, -0.1) is 0 Å². The molecule has 7 nitrogen and oxygen atoms in total. The summed E-state index contributed by atoms with van der Waals surface area (Å²) < 4.78 is 3.74. The summed E-state index contributed by atoms with van der Waals surface area (Å²) in [4.78, 5) is 16.8. The Labute approximate surface area is 203 Å². The van der Waals surface area contributed by atoms with Crippen LogP contribution in [0.3, 0.4) is 0 Å². The van der Waals surface area contributed by atoms with Gasteiger partial charge in [-0.2, -0.15) is 10.2 Å². The third kappa shape index (κ3) is 5.78. The van der Waals surface area contributed by atoms with Crippen LogP contribution in [-0.2, 0) is 17.9 Å². The highest BCUT2D eigenvalue weighted by Gasteiger charge is 2.10. The second kappa shape index (κ2) is 10.4. The zero-order valence-electron chi connectivity index (χ0n) is 19.0. The maximum Gasteiger partial charge on any atom is 0.248 e. The Balaban J connectivity index is 1.30. The molecule has 2 aromatic carbocycles. The summed E-state index contributed by atoms with van der Waals surface area (Å²) >= 11 is 0. The van der Waals surface area contributed by atoms with Crippen molar-refractivity contribution in [2.45, 2.75) is 13.1 Å². The number of aromatic nitrogens is 5. The summed E-state index contributed by atoms with van der Waals surface area (Å²) in [5.74, 6) is -0.210. The van der Waals surface area contributed by atoms with Crippen LogP contribution in [0.1, 0.15) is 16.7 Å². The van der Waals surface area contributed by atoms with Gasteiger partial charge in [-0.1, -0.05) is 42.5 Å². The smallest absolute Gasteiger partial charge is 0.248 e. The fourth-order valence-corrected chi connectivity index (χ4v) is 3.76. The standard InChI is InChI=1S/C28H24N6O/c35-27(31-26-12-9-23(10-13-26)19-33-17-5-16-30-33)14-11-25-21-34(20-22-6-2-1-3-7-22)32-28(25)24-8-4-15-29-18-24/h1-18,21H,19-20H2,(H,31,35). The van der Waals surface area contributed by atoms with Gasteiger partial charge in [0.05, 0.1) is 13.1 Å². The van der Waals surface area contributed by atoms with Crippen LogP contribution in [0.15, 0.2) is 110 Å². The molecule has 5 rings (SSSR count). The Kier molecular flexibility index (Phi) is 6.57. The van der Waals surface area contributed by atoms with Gasteiger partial charge in [0.15, 0.2) is 0 Å². The number of nitrogens with zero attached hydrogens (tertiary/aromatic N) is 5. The third-order valence-corrected chi connectivity index (χ3v) is 5.45. The number of carbonyl (C=O) groups is 1. The molecule has 0 spiro atoms. The van der Waals surface area contributed by atoms with Gasteiger partial charge in [-0.25, -0.2) is 0 Å². The largest absolute Gasteiger partial charge is 0.323 e. The van der Waals surface area contributed by atoms with Gasteiger partial charge in [0, 0.05) is 53.9 Å². The number of hydrogen-bond acceptors (Lipinski definition) is 4. The first-order chi connectivity index (χ1) is 17.2. The van der Waals surface area contributed by atoms with Gasteiger partial charge in [0.25, 0.3) is 0 Å². The Hall–Kier alpha value is -4.78. The number of nitrogens with one attached hydrogen (secondary N) is 1. The molecule has 0 radical (unpaired) electrons. The Morgan fingerprint density at radius 1 is 0.857 bits per heavy atom. The molecule has 1 N–H and O–H groups in total. The van der Waals surface area contributed by atoms with E-state index in [-0.39, 0.29) is 5.91 Å². The average Bonchev–Trinajstić information content (AvgIpc) is 3.55. The summed E-state index contributed by atoms with van der Waals surface area (Å²) in [6.07, 6.45) is 12.4. The number of pyridine rings is 1. The molecule has 1 amide bonds. The molecule has 3 aromatic heterocycles. The van der Waals surface area contributed by atoms with Crippen LogP contribution < -0.4 is 5.32 Å². The lowest BCUT2D eigenvalue weighted by Crippen LogP contribution is -2.08. The minimum Gasteiger partial charge on any atom is -0.323 e. The van der Waals surface area contributed by atoms with E-state index in [0.717, 1.165) is 33.6 Å². The first-order valence-electron chi connectivity index (χ1n) is 11.3. The van der Waals surface area contributed by atoms with Crippen molar-refractivity contribution in [2.24, 2.45) is 0 Å². The van der Waals surface area contributed by atoms with Crippen LogP contribution in [0.25, 0.3) is 17.3 Å². The van der Waals surface area contributed by atoms with Gasteiger partial charge in [-0.05, 0) is 47.5 Å². The highest BCUT2D eigenvalue weighted by molar-refractivity contribution is 6.02. The zero-order chi connectivity index (χ0) is 23.9. The van der Waals surface area contributed by atoms with Crippen molar-refractivity contribution >= 4 is 17.7 Å². The van der Waals surface area contributed by atoms with E-state index < -0.39 is 0 Å². The molecular formula is C28H24N6O. The summed E-state index contributed by atoms with van der Waals surface area (Å²) in [7, 11) is 0. The van der Waals surface area contributed by atoms with E-state index in [1.54, 1.807) is 24.7 Å². The van der Waals surface area contributed by atoms with E-state index in [1.165, 1.54) is 6.08 Å². The van der Waals surface area contributed by atoms with E-state index in [4.69, 9.17) is 5.10 Å². The first kappa shape index (κ1) is 22.0. The molecule has 0 aliphatic carbocycles. The third-order valence-electron chi connectivity index (χ3n) is 5.45. The maximum atomic E-state index is 12.6. The minimum absolute atomic E-state index is 0.210. The highest BCUT2D eigenvalue weighted by Crippen LogP contribution is 2.23. The van der Waals surface area contributed by atoms with E-state index in [9.17, 15) is 4.79 Å². The fourth-order valence-electron chi connectivity index (χ4n) is 3.76. The van der Waals surface area contributed by atoms with Crippen LogP contribution in [0.2, 0.25) is 0 Å². The van der Waals surface area contributed by atoms with Crippen LogP contribution in [0, 0.1) is 0 Å². The lowest BCUT2D eigenvalue weighted by Gasteiger charge is -2.05. The average molecular weight is 461 g/mol. The summed E-state index contributed by atoms with van der Waals surface area (Å²) in [5.41, 5.74) is 5.51. The number of rotatable bonds is 8. The highest BCUT2D eigenvalue weighted by atomic mass is 16.1. The number of carbonyl (C=O) groups excluding carboxylic acids is 1. The van der Waals surface area contributed by atoms with Crippen molar-refractivity contribution in [3.8, 4) is 11.3 Å². The predicted molar refractivity (Wildman–Crippen MR) is 136 cm³/mol. The van der Waals surface area contributed by atoms with Crippen LogP contribution in [0.4, 0.5) is 5.69 Å². The van der Waals surface area contributed by atoms with Crippen molar-refractivity contribution in [3.05, 3.63) is 127 Å². The first-order valence-corrected chi connectivity index (χ1v) is 11.3. The van der Waals surface area contributed by atoms with Crippen molar-refractivity contribution in [3.63, 3.8) is 0 Å². The quantitative estimate of drug-likeness (QED) is 0.335. The lowest BCUT2D eigenvalue weighted by atomic mass is 10.1. The molecule has 0 aliphatic heterocycles. The van der Waals surface area contributed by atoms with Gasteiger partial charge >= 0.3 is 0 Å². The summed E-state index contributed by atoms with van der Waals surface area (Å²) in [6.45, 7) is 1.32. The molecule has 0 bridgehead atoms. The van der Waals surface area contributed by atoms with E-state index in [1.807, 2.05) is 82.4 Å². The Morgan fingerprint density at radius 2 is 1.66 bits per heavy atom. The number of amides is 1. The maximum absolute atomic E-state index is 12.6. The van der Waals surface area contributed by atoms with Gasteiger partial charge in [0.2, 0.25) is 5.91 Å². The molecule has 0 atom stereocenters.